The van der Waals surface area contributed by atoms with Crippen LogP contribution >= 0.6 is 0 Å². The molecule has 0 saturated carbocycles. The van der Waals surface area contributed by atoms with Gasteiger partial charge in [-0.25, -0.2) is 0 Å². The second kappa shape index (κ2) is 68.3. The molecule has 0 aromatic rings. The predicted molar refractivity (Wildman–Crippen MR) is 438 cm³/mol. The first-order valence-electron chi connectivity index (χ1n) is 42.9. The molecule has 0 bridgehead atoms. The summed E-state index contributed by atoms with van der Waals surface area (Å²) in [5.74, 6) is -0.286. The average molecular weight is 1540 g/mol. The second-order valence-corrected chi connectivity index (χ2v) is 29.9. The third-order valence-electron chi connectivity index (χ3n) is 20.5. The molecule has 17 atom stereocenters. The SMILES string of the molecule is CC/C=C\C/C=C\C/C=C\C/C=C\C/C=C\C/C=C\C/C=C\C/C=C\C/C=C\C/C=C\CCCCCCCCCCC(=O)NC(COC1OC(CO)C(OC2OC(CO)C(OC3OC(CO)C(O)C(O)C3O)C(O)C2O)C(O)C1O)C(O)/C=C/CCCCCCCCCCCCCCCCCCCCCCCCC. The van der Waals surface area contributed by atoms with Crippen molar-refractivity contribution in [3.8, 4) is 0 Å². The molecule has 3 fully saturated rings. The van der Waals surface area contributed by atoms with E-state index in [1.165, 1.54) is 135 Å². The Morgan fingerprint density at radius 2 is 0.633 bits per heavy atom. The van der Waals surface area contributed by atoms with Crippen LogP contribution in [0.5, 0.6) is 0 Å². The molecule has 0 aliphatic carbocycles. The van der Waals surface area contributed by atoms with E-state index in [9.17, 15) is 61.0 Å². The van der Waals surface area contributed by atoms with E-state index in [0.717, 1.165) is 135 Å². The van der Waals surface area contributed by atoms with E-state index in [2.05, 4.69) is 141 Å². The Labute approximate surface area is 658 Å². The summed E-state index contributed by atoms with van der Waals surface area (Å²) in [5, 5.41) is 121. The molecule has 19 heteroatoms. The number of carbonyl (C=O) groups is 1. The van der Waals surface area contributed by atoms with Crippen molar-refractivity contribution in [3.63, 3.8) is 0 Å². The topological polar surface area (TPSA) is 307 Å². The molecule has 3 heterocycles. The number of nitrogens with one attached hydrogen (secondary N) is 1. The van der Waals surface area contributed by atoms with Crippen molar-refractivity contribution in [2.45, 2.75) is 401 Å². The van der Waals surface area contributed by atoms with Gasteiger partial charge in [0.2, 0.25) is 5.91 Å². The molecule has 3 rings (SSSR count). The summed E-state index contributed by atoms with van der Waals surface area (Å²) < 4.78 is 34.5. The van der Waals surface area contributed by atoms with Gasteiger partial charge in [-0.15, -0.1) is 0 Å². The molecular weight excluding hydrogens is 1380 g/mol. The zero-order valence-electron chi connectivity index (χ0n) is 67.2. The van der Waals surface area contributed by atoms with Crippen molar-refractivity contribution in [2.75, 3.05) is 26.4 Å². The molecule has 17 unspecified atom stereocenters. The van der Waals surface area contributed by atoms with Gasteiger partial charge < -0.3 is 89.9 Å². The molecule has 0 radical (unpaired) electrons. The van der Waals surface area contributed by atoms with Crippen molar-refractivity contribution in [2.24, 2.45) is 0 Å². The molecule has 626 valence electrons. The number of unbranched alkanes of at least 4 members (excludes halogenated alkanes) is 31. The van der Waals surface area contributed by atoms with Crippen LogP contribution in [0.3, 0.4) is 0 Å². The van der Waals surface area contributed by atoms with Crippen LogP contribution in [0.4, 0.5) is 0 Å². The average Bonchev–Trinajstić information content (AvgIpc) is 0.759. The molecule has 19 nitrogen and oxygen atoms in total. The van der Waals surface area contributed by atoms with E-state index in [1.54, 1.807) is 6.08 Å². The quantitative estimate of drug-likeness (QED) is 0.0199. The van der Waals surface area contributed by atoms with Gasteiger partial charge in [-0.05, 0) is 96.3 Å². The Balaban J connectivity index is 1.36. The van der Waals surface area contributed by atoms with Crippen LogP contribution in [0.1, 0.15) is 296 Å². The van der Waals surface area contributed by atoms with Gasteiger partial charge in [0.15, 0.2) is 18.9 Å². The monoisotopic (exact) mass is 1540 g/mol. The summed E-state index contributed by atoms with van der Waals surface area (Å²) in [7, 11) is 0. The summed E-state index contributed by atoms with van der Waals surface area (Å²) in [6, 6.07) is -0.989. The maximum absolute atomic E-state index is 13.5. The zero-order chi connectivity index (χ0) is 78.8. The van der Waals surface area contributed by atoms with Crippen molar-refractivity contribution >= 4 is 5.91 Å². The molecule has 0 spiro atoms. The summed E-state index contributed by atoms with van der Waals surface area (Å²) in [6.07, 6.45) is 71.4. The van der Waals surface area contributed by atoms with Gasteiger partial charge in [-0.3, -0.25) is 4.79 Å². The van der Waals surface area contributed by atoms with Crippen LogP contribution < -0.4 is 5.32 Å². The number of rotatable bonds is 67. The third kappa shape index (κ3) is 47.4. The Kier molecular flexibility index (Phi) is 62.2. The second-order valence-electron chi connectivity index (χ2n) is 29.9. The minimum absolute atomic E-state index is 0.226. The fourth-order valence-corrected chi connectivity index (χ4v) is 13.6. The lowest BCUT2D eigenvalue weighted by molar-refractivity contribution is -0.379. The highest BCUT2D eigenvalue weighted by molar-refractivity contribution is 5.76. The van der Waals surface area contributed by atoms with E-state index in [-0.39, 0.29) is 18.9 Å². The zero-order valence-corrected chi connectivity index (χ0v) is 67.2. The van der Waals surface area contributed by atoms with Crippen LogP contribution in [0, 0.1) is 0 Å². The van der Waals surface area contributed by atoms with Crippen LogP contribution in [0.25, 0.3) is 0 Å². The number of allylic oxidation sites excluding steroid dienone is 21. The van der Waals surface area contributed by atoms with Crippen molar-refractivity contribution in [1.29, 1.82) is 0 Å². The number of hydrogen-bond acceptors (Lipinski definition) is 18. The maximum atomic E-state index is 13.5. The Morgan fingerprint density at radius 1 is 0.339 bits per heavy atom. The van der Waals surface area contributed by atoms with E-state index in [4.69, 9.17) is 28.4 Å². The van der Waals surface area contributed by atoms with Gasteiger partial charge in [0.25, 0.3) is 0 Å². The lowest BCUT2D eigenvalue weighted by atomic mass is 9.96. The van der Waals surface area contributed by atoms with E-state index in [0.29, 0.717) is 6.42 Å². The Bertz CT molecular complexity index is 2490. The number of hydrogen-bond donors (Lipinski definition) is 12. The van der Waals surface area contributed by atoms with E-state index < -0.39 is 124 Å². The van der Waals surface area contributed by atoms with E-state index in [1.807, 2.05) is 6.08 Å². The van der Waals surface area contributed by atoms with Gasteiger partial charge in [0.1, 0.15) is 73.2 Å². The van der Waals surface area contributed by atoms with Gasteiger partial charge in [0, 0.05) is 6.42 Å². The number of amides is 1. The highest BCUT2D eigenvalue weighted by atomic mass is 16.8. The summed E-state index contributed by atoms with van der Waals surface area (Å²) >= 11 is 0. The molecule has 0 aromatic carbocycles. The molecule has 3 saturated heterocycles. The fourth-order valence-electron chi connectivity index (χ4n) is 13.6. The molecule has 3 aliphatic rings. The van der Waals surface area contributed by atoms with E-state index >= 15 is 0 Å². The van der Waals surface area contributed by atoms with Crippen LogP contribution in [-0.2, 0) is 33.2 Å². The van der Waals surface area contributed by atoms with Crippen molar-refractivity contribution in [3.05, 3.63) is 134 Å². The molecule has 109 heavy (non-hydrogen) atoms. The first kappa shape index (κ1) is 99.1. The largest absolute Gasteiger partial charge is 0.394 e. The number of carbonyl (C=O) groups excluding carboxylic acids is 1. The lowest BCUT2D eigenvalue weighted by Crippen LogP contribution is -2.66. The Hall–Kier alpha value is -4.07. The summed E-state index contributed by atoms with van der Waals surface area (Å²) in [6.45, 7) is 1.64. The lowest BCUT2D eigenvalue weighted by Gasteiger charge is -2.48. The number of aliphatic hydroxyl groups is 11. The highest BCUT2D eigenvalue weighted by Crippen LogP contribution is 2.33. The molecular formula is C90H153NO18. The standard InChI is InChI=1S/C90H153NO18/c1-3-5-7-9-11-13-15-17-19-21-23-25-27-29-30-31-32-33-34-35-36-37-38-39-40-41-42-44-46-48-50-52-54-56-58-60-62-64-66-68-78(96)91-73(74(95)67-65-63-61-59-57-55-53-51-49-47-45-43-28-26-24-22-20-18-16-14-12-10-8-6-4-2)72-104-88-84(102)81(99)86(76(70-93)106-88)109-90-85(103)82(100)87(77(71-94)107-90)108-89-83(101)80(98)79(97)75(69-92)105-89/h5,7,11,13,17,19,23,25,29-30,32-33,35-36,38-39,41-42,46,48,65,67,73-77,79-90,92-95,97-103H,3-4,6,8-10,12,14-16,18,20-22,24,26-28,31,34,37,40,43-45,47,49-64,66,68-72H2,1-2H3,(H,91,96)/b7-5-,13-11-,19-17-,25-23-,30-29-,33-32-,36-35-,39-38-,42-41-,48-46-,67-65+. The van der Waals surface area contributed by atoms with Crippen molar-refractivity contribution in [1.82, 2.24) is 5.32 Å². The Morgan fingerprint density at radius 3 is 0.991 bits per heavy atom. The summed E-state index contributed by atoms with van der Waals surface area (Å²) in [5.41, 5.74) is 0. The molecule has 0 aromatic heterocycles. The number of ether oxygens (including phenoxy) is 6. The fraction of sp³-hybridized carbons (Fsp3) is 0.744. The van der Waals surface area contributed by atoms with Crippen LogP contribution in [0.2, 0.25) is 0 Å². The van der Waals surface area contributed by atoms with Crippen LogP contribution in [0.15, 0.2) is 134 Å². The summed E-state index contributed by atoms with van der Waals surface area (Å²) in [4.78, 5) is 13.5. The van der Waals surface area contributed by atoms with Gasteiger partial charge in [-0.2, -0.15) is 0 Å². The molecule has 3 aliphatic heterocycles. The third-order valence-corrected chi connectivity index (χ3v) is 20.5. The van der Waals surface area contributed by atoms with Crippen molar-refractivity contribution < 1.29 is 89.4 Å². The predicted octanol–water partition coefficient (Wildman–Crippen LogP) is 15.6. The van der Waals surface area contributed by atoms with Crippen LogP contribution in [-0.4, -0.2) is 193 Å². The highest BCUT2D eigenvalue weighted by Gasteiger charge is 2.54. The number of aliphatic hydroxyl groups excluding tert-OH is 11. The van der Waals surface area contributed by atoms with Gasteiger partial charge in [0.05, 0.1) is 38.6 Å². The first-order valence-corrected chi connectivity index (χ1v) is 42.9. The maximum Gasteiger partial charge on any atom is 0.220 e. The minimum Gasteiger partial charge on any atom is -0.394 e. The normalized spacial score (nSPS) is 26.0. The first-order chi connectivity index (χ1) is 53.3. The molecule has 1 amide bonds. The van der Waals surface area contributed by atoms with Gasteiger partial charge >= 0.3 is 0 Å². The van der Waals surface area contributed by atoms with Gasteiger partial charge in [-0.1, -0.05) is 327 Å². The smallest absolute Gasteiger partial charge is 0.220 e. The molecule has 12 N–H and O–H groups in total. The minimum atomic E-state index is -1.99.